The minimum Gasteiger partial charge on any atom is -0.336 e. The molecule has 0 bridgehead atoms. The molecule has 1 fully saturated rings. The number of thioether (sulfide) groups is 1. The van der Waals surface area contributed by atoms with Crippen LogP contribution in [-0.2, 0) is 9.59 Å². The first-order valence-corrected chi connectivity index (χ1v) is 7.13. The molecule has 1 heterocycles. The van der Waals surface area contributed by atoms with Gasteiger partial charge < -0.3 is 10.6 Å². The number of benzene rings is 1. The molecule has 20 heavy (non-hydrogen) atoms. The van der Waals surface area contributed by atoms with Crippen molar-refractivity contribution in [2.45, 2.75) is 11.8 Å². The number of nitrogens with zero attached hydrogens (tertiary/aromatic N) is 1. The molecule has 0 spiro atoms. The highest BCUT2D eigenvalue weighted by Crippen LogP contribution is 2.21. The SMILES string of the molecule is CC(=O)Nc1ccc(SCC(=O)N2CCNC2=O)cc1. The third-order valence-electron chi connectivity index (χ3n) is 2.69. The molecule has 0 atom stereocenters. The fourth-order valence-corrected chi connectivity index (χ4v) is 2.54. The number of hydrogen-bond donors (Lipinski definition) is 2. The van der Waals surface area contributed by atoms with E-state index in [9.17, 15) is 14.4 Å². The molecule has 0 aliphatic carbocycles. The summed E-state index contributed by atoms with van der Waals surface area (Å²) in [6, 6.07) is 6.88. The van der Waals surface area contributed by atoms with E-state index in [2.05, 4.69) is 10.6 Å². The zero-order valence-electron chi connectivity index (χ0n) is 11.0. The van der Waals surface area contributed by atoms with Gasteiger partial charge in [-0.2, -0.15) is 0 Å². The lowest BCUT2D eigenvalue weighted by atomic mass is 10.3. The van der Waals surface area contributed by atoms with Gasteiger partial charge in [0.15, 0.2) is 0 Å². The summed E-state index contributed by atoms with van der Waals surface area (Å²) in [5.74, 6) is -0.107. The number of carbonyl (C=O) groups is 3. The summed E-state index contributed by atoms with van der Waals surface area (Å²) in [6.45, 7) is 2.39. The van der Waals surface area contributed by atoms with E-state index < -0.39 is 0 Å². The van der Waals surface area contributed by atoms with Crippen LogP contribution in [0.4, 0.5) is 10.5 Å². The molecule has 0 unspecified atom stereocenters. The Balaban J connectivity index is 1.86. The Labute approximate surface area is 120 Å². The van der Waals surface area contributed by atoms with Crippen LogP contribution in [0.5, 0.6) is 0 Å². The minimum absolute atomic E-state index is 0.124. The van der Waals surface area contributed by atoms with Crippen molar-refractivity contribution in [2.75, 3.05) is 24.2 Å². The molecule has 1 aromatic carbocycles. The highest BCUT2D eigenvalue weighted by Gasteiger charge is 2.25. The number of nitrogens with one attached hydrogen (secondary N) is 2. The molecule has 1 aliphatic heterocycles. The smallest absolute Gasteiger partial charge is 0.324 e. The summed E-state index contributed by atoms with van der Waals surface area (Å²) >= 11 is 1.36. The molecule has 4 amide bonds. The number of anilines is 1. The van der Waals surface area contributed by atoms with Gasteiger partial charge in [0, 0.05) is 30.6 Å². The first-order valence-electron chi connectivity index (χ1n) is 6.15. The fraction of sp³-hybridized carbons (Fsp3) is 0.308. The fourth-order valence-electron chi connectivity index (χ4n) is 1.77. The molecule has 0 aromatic heterocycles. The van der Waals surface area contributed by atoms with Gasteiger partial charge >= 0.3 is 6.03 Å². The monoisotopic (exact) mass is 293 g/mol. The number of rotatable bonds is 4. The maximum atomic E-state index is 11.8. The maximum Gasteiger partial charge on any atom is 0.324 e. The van der Waals surface area contributed by atoms with Crippen LogP contribution in [0.25, 0.3) is 0 Å². The van der Waals surface area contributed by atoms with Gasteiger partial charge in [-0.3, -0.25) is 14.5 Å². The van der Waals surface area contributed by atoms with Crippen molar-refractivity contribution in [1.82, 2.24) is 10.2 Å². The average molecular weight is 293 g/mol. The van der Waals surface area contributed by atoms with E-state index in [0.29, 0.717) is 18.8 Å². The van der Waals surface area contributed by atoms with Crippen molar-refractivity contribution in [3.8, 4) is 0 Å². The highest BCUT2D eigenvalue weighted by atomic mass is 32.2. The normalized spacial score (nSPS) is 14.1. The van der Waals surface area contributed by atoms with E-state index in [1.165, 1.54) is 23.6 Å². The van der Waals surface area contributed by atoms with E-state index in [1.54, 1.807) is 12.1 Å². The van der Waals surface area contributed by atoms with Crippen LogP contribution in [-0.4, -0.2) is 41.6 Å². The molecule has 2 rings (SSSR count). The highest BCUT2D eigenvalue weighted by molar-refractivity contribution is 8.00. The van der Waals surface area contributed by atoms with Gasteiger partial charge in [-0.25, -0.2) is 4.79 Å². The Hall–Kier alpha value is -2.02. The molecule has 7 heteroatoms. The topological polar surface area (TPSA) is 78.5 Å². The van der Waals surface area contributed by atoms with E-state index in [-0.39, 0.29) is 23.6 Å². The van der Waals surface area contributed by atoms with Crippen molar-refractivity contribution in [1.29, 1.82) is 0 Å². The molecule has 0 saturated carbocycles. The molecule has 6 nitrogen and oxygen atoms in total. The zero-order valence-corrected chi connectivity index (χ0v) is 11.8. The number of amides is 4. The minimum atomic E-state index is -0.323. The first-order chi connectivity index (χ1) is 9.56. The third-order valence-corrected chi connectivity index (χ3v) is 3.69. The van der Waals surface area contributed by atoms with E-state index in [1.807, 2.05) is 12.1 Å². The lowest BCUT2D eigenvalue weighted by Gasteiger charge is -2.11. The molecule has 2 N–H and O–H groups in total. The van der Waals surface area contributed by atoms with Gasteiger partial charge in [-0.15, -0.1) is 11.8 Å². The summed E-state index contributed by atoms with van der Waals surface area (Å²) in [4.78, 5) is 36.2. The van der Waals surface area contributed by atoms with Crippen molar-refractivity contribution in [2.24, 2.45) is 0 Å². The lowest BCUT2D eigenvalue weighted by molar-refractivity contribution is -0.124. The molecular formula is C13H15N3O3S. The largest absolute Gasteiger partial charge is 0.336 e. The zero-order chi connectivity index (χ0) is 14.5. The van der Waals surface area contributed by atoms with Crippen molar-refractivity contribution in [3.05, 3.63) is 24.3 Å². The second-order valence-electron chi connectivity index (χ2n) is 4.27. The van der Waals surface area contributed by atoms with Crippen LogP contribution in [0.3, 0.4) is 0 Å². The standard InChI is InChI=1S/C13H15N3O3S/c1-9(17)15-10-2-4-11(5-3-10)20-8-12(18)16-7-6-14-13(16)19/h2-5H,6-8H2,1H3,(H,14,19)(H,15,17). The molecule has 106 valence electrons. The Bertz CT molecular complexity index is 530. The second-order valence-corrected chi connectivity index (χ2v) is 5.32. The summed E-state index contributed by atoms with van der Waals surface area (Å²) in [5, 5.41) is 5.26. The summed E-state index contributed by atoms with van der Waals surface area (Å²) in [7, 11) is 0. The maximum absolute atomic E-state index is 11.8. The summed E-state index contributed by atoms with van der Waals surface area (Å²) in [5.41, 5.74) is 0.715. The molecule has 1 aliphatic rings. The predicted octanol–water partition coefficient (Wildman–Crippen LogP) is 1.29. The predicted molar refractivity (Wildman–Crippen MR) is 76.6 cm³/mol. The molecule has 1 aromatic rings. The van der Waals surface area contributed by atoms with Crippen LogP contribution in [0.15, 0.2) is 29.2 Å². The Morgan fingerprint density at radius 3 is 2.60 bits per heavy atom. The number of carbonyl (C=O) groups excluding carboxylic acids is 3. The van der Waals surface area contributed by atoms with E-state index >= 15 is 0 Å². The van der Waals surface area contributed by atoms with Crippen LogP contribution in [0.1, 0.15) is 6.92 Å². The van der Waals surface area contributed by atoms with E-state index in [4.69, 9.17) is 0 Å². The van der Waals surface area contributed by atoms with Crippen LogP contribution < -0.4 is 10.6 Å². The van der Waals surface area contributed by atoms with Crippen LogP contribution >= 0.6 is 11.8 Å². The van der Waals surface area contributed by atoms with Gasteiger partial charge in [0.05, 0.1) is 5.75 Å². The molecular weight excluding hydrogens is 278 g/mol. The second kappa shape index (κ2) is 6.42. The van der Waals surface area contributed by atoms with Gasteiger partial charge in [0.1, 0.15) is 0 Å². The first kappa shape index (κ1) is 14.4. The van der Waals surface area contributed by atoms with Crippen molar-refractivity contribution < 1.29 is 14.4 Å². The van der Waals surface area contributed by atoms with Gasteiger partial charge in [0.2, 0.25) is 11.8 Å². The van der Waals surface area contributed by atoms with Crippen molar-refractivity contribution >= 4 is 35.3 Å². The average Bonchev–Trinajstić information content (AvgIpc) is 2.83. The lowest BCUT2D eigenvalue weighted by Crippen LogP contribution is -2.35. The van der Waals surface area contributed by atoms with Gasteiger partial charge in [-0.05, 0) is 24.3 Å². The Kier molecular flexibility index (Phi) is 4.62. The quantitative estimate of drug-likeness (QED) is 0.820. The Morgan fingerprint density at radius 1 is 1.35 bits per heavy atom. The van der Waals surface area contributed by atoms with Gasteiger partial charge in [0.25, 0.3) is 0 Å². The molecule has 1 saturated heterocycles. The van der Waals surface area contributed by atoms with Crippen LogP contribution in [0, 0.1) is 0 Å². The third kappa shape index (κ3) is 3.74. The van der Waals surface area contributed by atoms with Crippen LogP contribution in [0.2, 0.25) is 0 Å². The van der Waals surface area contributed by atoms with E-state index in [0.717, 1.165) is 4.90 Å². The number of urea groups is 1. The van der Waals surface area contributed by atoms with Crippen molar-refractivity contribution in [3.63, 3.8) is 0 Å². The summed E-state index contributed by atoms with van der Waals surface area (Å²) < 4.78 is 0. The Morgan fingerprint density at radius 2 is 2.05 bits per heavy atom. The summed E-state index contributed by atoms with van der Waals surface area (Å²) in [6.07, 6.45) is 0. The van der Waals surface area contributed by atoms with Gasteiger partial charge in [-0.1, -0.05) is 0 Å². The number of hydrogen-bond acceptors (Lipinski definition) is 4. The molecule has 0 radical (unpaired) electrons. The number of imide groups is 1.